The van der Waals surface area contributed by atoms with Crippen LogP contribution in [-0.4, -0.2) is 31.9 Å². The number of benzene rings is 4. The Hall–Kier alpha value is -4.35. The minimum absolute atomic E-state index is 0.142. The summed E-state index contributed by atoms with van der Waals surface area (Å²) in [7, 11) is -4.11. The van der Waals surface area contributed by atoms with Crippen LogP contribution in [0.4, 0.5) is 24.5 Å². The van der Waals surface area contributed by atoms with Crippen molar-refractivity contribution in [2.75, 3.05) is 16.2 Å². The Labute approximate surface area is 237 Å². The number of hydrogen-bond donors (Lipinski definition) is 2. The number of sulfonamides is 1. The summed E-state index contributed by atoms with van der Waals surface area (Å²) in [6.45, 7) is 0.157. The summed E-state index contributed by atoms with van der Waals surface area (Å²) in [5.41, 5.74) is -2.37. The summed E-state index contributed by atoms with van der Waals surface area (Å²) in [6, 6.07) is 19.4. The van der Waals surface area contributed by atoms with Crippen molar-refractivity contribution in [1.29, 1.82) is 0 Å². The number of carboxylic acid groups (broad SMARTS) is 1. The van der Waals surface area contributed by atoms with Gasteiger partial charge in [0.05, 0.1) is 27.4 Å². The van der Waals surface area contributed by atoms with Crippen molar-refractivity contribution in [3.8, 4) is 11.1 Å². The Kier molecular flexibility index (Phi) is 7.26. The molecule has 0 unspecified atom stereocenters. The quantitative estimate of drug-likeness (QED) is 0.255. The molecular formula is C29H20ClF3N2O5S. The lowest BCUT2D eigenvalue weighted by Gasteiger charge is -2.20. The van der Waals surface area contributed by atoms with Crippen molar-refractivity contribution < 1.29 is 36.3 Å². The van der Waals surface area contributed by atoms with Gasteiger partial charge in [0.1, 0.15) is 0 Å². The van der Waals surface area contributed by atoms with E-state index in [-0.39, 0.29) is 28.1 Å². The van der Waals surface area contributed by atoms with Crippen molar-refractivity contribution >= 4 is 44.9 Å². The van der Waals surface area contributed by atoms with Crippen molar-refractivity contribution in [3.05, 3.63) is 112 Å². The summed E-state index contributed by atoms with van der Waals surface area (Å²) in [5.74, 6) is -2.88. The molecule has 0 saturated carbocycles. The predicted molar refractivity (Wildman–Crippen MR) is 148 cm³/mol. The van der Waals surface area contributed by atoms with Crippen LogP contribution in [0.3, 0.4) is 0 Å². The van der Waals surface area contributed by atoms with E-state index in [1.807, 2.05) is 0 Å². The normalized spacial score (nSPS) is 13.1. The highest BCUT2D eigenvalue weighted by atomic mass is 35.5. The van der Waals surface area contributed by atoms with E-state index in [9.17, 15) is 36.3 Å². The number of nitrogens with zero attached hydrogens (tertiary/aromatic N) is 1. The number of halogens is 4. The Bertz CT molecular complexity index is 1790. The van der Waals surface area contributed by atoms with Crippen molar-refractivity contribution in [3.63, 3.8) is 0 Å². The SMILES string of the molecule is O=C(Nc1ccc(-c2ccccc2)c(C(F)(F)F)c1C(=O)O)c1cccc(S(=O)(=O)N2CCc3cc(Cl)ccc32)c1. The summed E-state index contributed by atoms with van der Waals surface area (Å²) >= 11 is 6.02. The second-order valence-electron chi connectivity index (χ2n) is 9.16. The Morgan fingerprint density at radius 3 is 2.34 bits per heavy atom. The Morgan fingerprint density at radius 2 is 1.66 bits per heavy atom. The smallest absolute Gasteiger partial charge is 0.417 e. The van der Waals surface area contributed by atoms with Gasteiger partial charge in [-0.15, -0.1) is 0 Å². The van der Waals surface area contributed by atoms with E-state index in [1.54, 1.807) is 24.3 Å². The molecule has 1 aliphatic rings. The second kappa shape index (κ2) is 10.6. The van der Waals surface area contributed by atoms with Crippen LogP contribution in [0.5, 0.6) is 0 Å². The number of carboxylic acids is 1. The highest BCUT2D eigenvalue weighted by Gasteiger charge is 2.40. The third-order valence-corrected chi connectivity index (χ3v) is 8.66. The molecule has 7 nitrogen and oxygen atoms in total. The maximum Gasteiger partial charge on any atom is 0.417 e. The van der Waals surface area contributed by atoms with Gasteiger partial charge in [0.15, 0.2) is 0 Å². The first-order chi connectivity index (χ1) is 19.4. The first kappa shape index (κ1) is 28.2. The van der Waals surface area contributed by atoms with Gasteiger partial charge < -0.3 is 10.4 Å². The maximum atomic E-state index is 14.2. The monoisotopic (exact) mass is 600 g/mol. The van der Waals surface area contributed by atoms with Gasteiger partial charge in [0, 0.05) is 17.1 Å². The van der Waals surface area contributed by atoms with Crippen LogP contribution >= 0.6 is 11.6 Å². The van der Waals surface area contributed by atoms with Crippen LogP contribution in [-0.2, 0) is 22.6 Å². The van der Waals surface area contributed by atoms with Crippen molar-refractivity contribution in [1.82, 2.24) is 0 Å². The zero-order chi connectivity index (χ0) is 29.5. The molecule has 4 aromatic carbocycles. The zero-order valence-corrected chi connectivity index (χ0v) is 22.5. The molecule has 0 aliphatic carbocycles. The minimum Gasteiger partial charge on any atom is -0.478 e. The van der Waals surface area contributed by atoms with Crippen molar-refractivity contribution in [2.24, 2.45) is 0 Å². The molecule has 0 radical (unpaired) electrons. The topological polar surface area (TPSA) is 104 Å². The molecule has 0 aromatic heterocycles. The number of fused-ring (bicyclic) bond motifs is 1. The van der Waals surface area contributed by atoms with Gasteiger partial charge in [-0.1, -0.05) is 54.1 Å². The molecule has 1 heterocycles. The molecule has 41 heavy (non-hydrogen) atoms. The number of carbonyl (C=O) groups is 2. The summed E-state index contributed by atoms with van der Waals surface area (Å²) in [6.07, 6.45) is -4.63. The number of aromatic carboxylic acids is 1. The van der Waals surface area contributed by atoms with E-state index >= 15 is 0 Å². The van der Waals surface area contributed by atoms with Gasteiger partial charge in [-0.25, -0.2) is 13.2 Å². The molecule has 2 N–H and O–H groups in total. The van der Waals surface area contributed by atoms with E-state index in [1.165, 1.54) is 46.8 Å². The van der Waals surface area contributed by atoms with Crippen LogP contribution in [0.1, 0.15) is 31.8 Å². The zero-order valence-electron chi connectivity index (χ0n) is 20.9. The molecule has 0 fully saturated rings. The minimum atomic E-state index is -5.07. The van der Waals surface area contributed by atoms with Gasteiger partial charge in [0.2, 0.25) is 0 Å². The molecule has 4 aromatic rings. The molecule has 0 atom stereocenters. The molecule has 0 spiro atoms. The van der Waals surface area contributed by atoms with Gasteiger partial charge in [-0.2, -0.15) is 13.2 Å². The fourth-order valence-corrected chi connectivity index (χ4v) is 6.54. The molecular weight excluding hydrogens is 581 g/mol. The third-order valence-electron chi connectivity index (χ3n) is 6.61. The molecule has 210 valence electrons. The predicted octanol–water partition coefficient (Wildman–Crippen LogP) is 6.73. The lowest BCUT2D eigenvalue weighted by Crippen LogP contribution is -2.29. The van der Waals surface area contributed by atoms with Crippen LogP contribution in [0.2, 0.25) is 5.02 Å². The number of nitrogens with one attached hydrogen (secondary N) is 1. The van der Waals surface area contributed by atoms with E-state index in [0.717, 1.165) is 23.8 Å². The standard InChI is InChI=1S/C29H20ClF3N2O5S/c30-20-9-12-24-18(15-20)13-14-35(24)41(39,40)21-8-4-7-19(16-21)27(36)34-23-11-10-22(17-5-2-1-3-6-17)26(29(31,32)33)25(23)28(37)38/h1-12,15-16H,13-14H2,(H,34,36)(H,37,38). The van der Waals surface area contributed by atoms with Gasteiger partial charge >= 0.3 is 12.1 Å². The fraction of sp³-hybridized carbons (Fsp3) is 0.103. The van der Waals surface area contributed by atoms with Crippen LogP contribution in [0.25, 0.3) is 11.1 Å². The van der Waals surface area contributed by atoms with Crippen LogP contribution < -0.4 is 9.62 Å². The van der Waals surface area contributed by atoms with Gasteiger partial charge in [-0.3, -0.25) is 9.10 Å². The lowest BCUT2D eigenvalue weighted by atomic mass is 9.93. The highest BCUT2D eigenvalue weighted by molar-refractivity contribution is 7.92. The van der Waals surface area contributed by atoms with Gasteiger partial charge in [-0.05, 0) is 65.6 Å². The Balaban J connectivity index is 1.51. The molecule has 5 rings (SSSR count). The highest BCUT2D eigenvalue weighted by Crippen LogP contribution is 2.42. The molecule has 0 saturated heterocycles. The third kappa shape index (κ3) is 5.38. The molecule has 12 heteroatoms. The van der Waals surface area contributed by atoms with Crippen molar-refractivity contribution in [2.45, 2.75) is 17.5 Å². The first-order valence-corrected chi connectivity index (χ1v) is 13.9. The molecule has 0 bridgehead atoms. The average molecular weight is 601 g/mol. The summed E-state index contributed by atoms with van der Waals surface area (Å²) in [4.78, 5) is 25.0. The average Bonchev–Trinajstić information content (AvgIpc) is 3.36. The molecule has 1 amide bonds. The largest absolute Gasteiger partial charge is 0.478 e. The second-order valence-corrected chi connectivity index (χ2v) is 11.5. The fourth-order valence-electron chi connectivity index (χ4n) is 4.79. The van der Waals surface area contributed by atoms with Gasteiger partial charge in [0.25, 0.3) is 15.9 Å². The van der Waals surface area contributed by atoms with Crippen LogP contribution in [0, 0.1) is 0 Å². The van der Waals surface area contributed by atoms with E-state index in [0.29, 0.717) is 17.1 Å². The summed E-state index contributed by atoms with van der Waals surface area (Å²) in [5, 5.41) is 12.5. The Morgan fingerprint density at radius 1 is 0.927 bits per heavy atom. The van der Waals surface area contributed by atoms with Crippen LogP contribution in [0.15, 0.2) is 89.8 Å². The van der Waals surface area contributed by atoms with E-state index in [2.05, 4.69) is 5.32 Å². The number of alkyl halides is 3. The lowest BCUT2D eigenvalue weighted by molar-refractivity contribution is -0.137. The van der Waals surface area contributed by atoms with E-state index < -0.39 is 44.9 Å². The number of carbonyl (C=O) groups excluding carboxylic acids is 1. The molecule has 1 aliphatic heterocycles. The number of anilines is 2. The summed E-state index contributed by atoms with van der Waals surface area (Å²) < 4.78 is 70.7. The number of amides is 1. The number of rotatable bonds is 6. The maximum absolute atomic E-state index is 14.2. The number of hydrogen-bond acceptors (Lipinski definition) is 4. The first-order valence-electron chi connectivity index (χ1n) is 12.1. The van der Waals surface area contributed by atoms with E-state index in [4.69, 9.17) is 11.6 Å².